The number of benzene rings is 4. The number of rotatable bonds is 8. The first-order valence-electron chi connectivity index (χ1n) is 18.6. The van der Waals surface area contributed by atoms with Crippen molar-refractivity contribution >= 4 is 38.4 Å². The van der Waals surface area contributed by atoms with Crippen LogP contribution in [0.15, 0.2) is 150 Å². The third-order valence-corrected chi connectivity index (χ3v) is 11.3. The van der Waals surface area contributed by atoms with Gasteiger partial charge in [-0.3, -0.25) is 14.8 Å². The van der Waals surface area contributed by atoms with Crippen molar-refractivity contribution in [2.24, 2.45) is 5.41 Å². The average Bonchev–Trinajstić information content (AvgIpc) is 3.97. The van der Waals surface area contributed by atoms with E-state index in [2.05, 4.69) is 67.6 Å². The summed E-state index contributed by atoms with van der Waals surface area (Å²) in [6, 6.07) is 41.2. The van der Waals surface area contributed by atoms with Crippen LogP contribution in [0.3, 0.4) is 0 Å². The summed E-state index contributed by atoms with van der Waals surface area (Å²) in [6.07, 6.45) is 0.477. The summed E-state index contributed by atoms with van der Waals surface area (Å²) in [5, 5.41) is 9.48. The number of alkyl halides is 4. The van der Waals surface area contributed by atoms with Crippen molar-refractivity contribution in [3.8, 4) is 11.3 Å². The molecule has 0 radical (unpaired) electrons. The summed E-state index contributed by atoms with van der Waals surface area (Å²) >= 11 is 3.03. The van der Waals surface area contributed by atoms with Gasteiger partial charge in [-0.1, -0.05) is 91.0 Å². The van der Waals surface area contributed by atoms with Gasteiger partial charge in [-0.25, -0.2) is 22.2 Å². The molecule has 4 aromatic carbocycles. The van der Waals surface area contributed by atoms with Crippen molar-refractivity contribution in [1.29, 1.82) is 0 Å². The van der Waals surface area contributed by atoms with Crippen molar-refractivity contribution in [3.05, 3.63) is 178 Å². The molecule has 57 heavy (non-hydrogen) atoms. The normalized spacial score (nSPS) is 16.8. The van der Waals surface area contributed by atoms with Crippen molar-refractivity contribution in [2.75, 3.05) is 24.5 Å². The van der Waals surface area contributed by atoms with Crippen molar-refractivity contribution in [2.45, 2.75) is 31.2 Å². The lowest BCUT2D eigenvalue weighted by Gasteiger charge is -2.37. The lowest BCUT2D eigenvalue weighted by atomic mass is 9.77. The van der Waals surface area contributed by atoms with Crippen LogP contribution >= 0.6 is 15.9 Å². The Hall–Kier alpha value is -5.72. The Labute approximate surface area is 335 Å². The topological polar surface area (TPSA) is 75.9 Å². The Kier molecular flexibility index (Phi) is 10.7. The molecule has 3 aromatic heterocycles. The molecule has 7 aromatic rings. The lowest BCUT2D eigenvalue weighted by Crippen LogP contribution is -2.38. The molecule has 0 saturated carbocycles. The number of nitrogens with one attached hydrogen (secondary N) is 1. The highest BCUT2D eigenvalue weighted by molar-refractivity contribution is 9.10. The summed E-state index contributed by atoms with van der Waals surface area (Å²) in [5.74, 6) is 0.131. The first-order valence-corrected chi connectivity index (χ1v) is 19.4. The molecule has 1 amide bonds. The molecule has 12 heteroatoms. The molecule has 1 atom stereocenters. The molecule has 0 bridgehead atoms. The predicted molar refractivity (Wildman–Crippen MR) is 216 cm³/mol. The number of aromatic nitrogens is 4. The Morgan fingerprint density at radius 3 is 1.95 bits per heavy atom. The first-order chi connectivity index (χ1) is 27.7. The number of fused-ring (bicyclic) bond motifs is 1. The minimum atomic E-state index is -2.73. The first kappa shape index (κ1) is 38.2. The highest BCUT2D eigenvalue weighted by atomic mass is 79.9. The van der Waals surface area contributed by atoms with Gasteiger partial charge in [-0.15, -0.1) is 0 Å². The largest absolute Gasteiger partial charge is 0.316 e. The number of pyridine rings is 2. The molecule has 2 fully saturated rings. The zero-order valence-electron chi connectivity index (χ0n) is 30.6. The fourth-order valence-corrected chi connectivity index (χ4v) is 8.50. The van der Waals surface area contributed by atoms with Gasteiger partial charge in [0.1, 0.15) is 16.9 Å². The van der Waals surface area contributed by atoms with Gasteiger partial charge < -0.3 is 10.2 Å². The van der Waals surface area contributed by atoms with E-state index >= 15 is 0 Å². The second kappa shape index (κ2) is 16.0. The van der Waals surface area contributed by atoms with Crippen LogP contribution in [0.5, 0.6) is 0 Å². The molecule has 288 valence electrons. The van der Waals surface area contributed by atoms with Gasteiger partial charge in [0, 0.05) is 58.4 Å². The monoisotopic (exact) mass is 832 g/mol. The van der Waals surface area contributed by atoms with Crippen molar-refractivity contribution in [3.63, 3.8) is 0 Å². The van der Waals surface area contributed by atoms with E-state index in [-0.39, 0.29) is 22.6 Å². The van der Waals surface area contributed by atoms with Gasteiger partial charge in [0.2, 0.25) is 5.91 Å². The maximum Gasteiger partial charge on any atom is 0.280 e. The summed E-state index contributed by atoms with van der Waals surface area (Å²) < 4.78 is 54.3. The number of hydrogen-bond acceptors (Lipinski definition) is 5. The molecule has 5 heterocycles. The summed E-state index contributed by atoms with van der Waals surface area (Å²) in [6.45, 7) is 2.15. The second-order valence-corrected chi connectivity index (χ2v) is 15.1. The number of carbonyl (C=O) groups excluding carboxylic acids is 1. The quantitative estimate of drug-likeness (QED) is 0.122. The van der Waals surface area contributed by atoms with Gasteiger partial charge >= 0.3 is 0 Å². The van der Waals surface area contributed by atoms with Gasteiger partial charge in [-0.05, 0) is 88.4 Å². The second-order valence-electron chi connectivity index (χ2n) is 14.2. The highest BCUT2D eigenvalue weighted by Crippen LogP contribution is 2.46. The molecule has 1 spiro atoms. The van der Waals surface area contributed by atoms with Gasteiger partial charge in [0.05, 0.1) is 10.9 Å². The van der Waals surface area contributed by atoms with Crippen LogP contribution in [-0.4, -0.2) is 45.3 Å². The minimum Gasteiger partial charge on any atom is -0.316 e. The minimum absolute atomic E-state index is 0.0608. The van der Waals surface area contributed by atoms with Crippen LogP contribution in [0, 0.1) is 5.41 Å². The molecular weight excluding hydrogens is 796 g/mol. The Balaban J connectivity index is 0.000000399. The molecule has 0 aliphatic carbocycles. The van der Waals surface area contributed by atoms with Crippen LogP contribution in [0.2, 0.25) is 0 Å². The highest BCUT2D eigenvalue weighted by Gasteiger charge is 2.49. The summed E-state index contributed by atoms with van der Waals surface area (Å²) in [4.78, 5) is 23.2. The van der Waals surface area contributed by atoms with Crippen molar-refractivity contribution in [1.82, 2.24) is 25.1 Å². The van der Waals surface area contributed by atoms with E-state index in [0.717, 1.165) is 58.9 Å². The molecule has 7 nitrogen and oxygen atoms in total. The molecule has 9 rings (SSSR count). The van der Waals surface area contributed by atoms with Crippen LogP contribution in [-0.2, 0) is 10.3 Å². The standard InChI is InChI=1S/C39H33F2N5O.C6H4BrF2N/c40-36(41)33-24-27(18-21-43-33)35-32-25-31(45-23-20-38(37(45)47)19-22-42-26-38)16-17-34(32)46(44-35)39(28-10-4-1-5-11-28,29-12-6-2-7-13-29)30-14-8-3-9-15-30;7-5-1-4(6(8)9)2-10-3-5/h1-18,21,24-25,36,42H,19-20,22-23,26H2;1-3,6H/t38-;/m0./s1. The van der Waals surface area contributed by atoms with Crippen LogP contribution in [0.25, 0.3) is 22.2 Å². The smallest absolute Gasteiger partial charge is 0.280 e. The third-order valence-electron chi connectivity index (χ3n) is 10.9. The molecule has 2 aliphatic rings. The van der Waals surface area contributed by atoms with E-state index in [1.165, 1.54) is 24.5 Å². The zero-order valence-corrected chi connectivity index (χ0v) is 32.2. The number of carbonyl (C=O) groups is 1. The molecule has 0 unspecified atom stereocenters. The average molecular weight is 834 g/mol. The van der Waals surface area contributed by atoms with Crippen LogP contribution in [0.1, 0.15) is 53.6 Å². The van der Waals surface area contributed by atoms with E-state index < -0.39 is 18.4 Å². The van der Waals surface area contributed by atoms with E-state index in [4.69, 9.17) is 5.10 Å². The Morgan fingerprint density at radius 1 is 0.754 bits per heavy atom. The van der Waals surface area contributed by atoms with E-state index in [0.29, 0.717) is 28.8 Å². The summed E-state index contributed by atoms with van der Waals surface area (Å²) in [5.41, 5.74) is 3.96. The molecule has 1 N–H and O–H groups in total. The Morgan fingerprint density at radius 2 is 1.40 bits per heavy atom. The van der Waals surface area contributed by atoms with E-state index in [9.17, 15) is 22.4 Å². The number of hydrogen-bond donors (Lipinski definition) is 1. The van der Waals surface area contributed by atoms with Crippen LogP contribution < -0.4 is 10.2 Å². The number of amides is 1. The third kappa shape index (κ3) is 7.12. The van der Waals surface area contributed by atoms with Gasteiger partial charge in [0.15, 0.2) is 0 Å². The lowest BCUT2D eigenvalue weighted by molar-refractivity contribution is -0.124. The van der Waals surface area contributed by atoms with Gasteiger partial charge in [0.25, 0.3) is 12.9 Å². The van der Waals surface area contributed by atoms with Crippen LogP contribution in [0.4, 0.5) is 23.2 Å². The Bertz CT molecular complexity index is 2400. The predicted octanol–water partition coefficient (Wildman–Crippen LogP) is 10.4. The van der Waals surface area contributed by atoms with E-state index in [1.54, 1.807) is 6.07 Å². The summed E-state index contributed by atoms with van der Waals surface area (Å²) in [7, 11) is 0. The number of anilines is 1. The SMILES string of the molecule is FC(F)c1cncc(Br)c1.O=C1N(c2ccc3c(c2)c(-c2ccnc(C(F)F)c2)nn3C(c2ccccc2)(c2ccccc2)c2ccccc2)CC[C@]12CCNC2. The fourth-order valence-electron chi connectivity index (χ4n) is 8.12. The molecular formula is C45H37BrF4N6O. The maximum absolute atomic E-state index is 14.0. The number of halogens is 5. The van der Waals surface area contributed by atoms with Gasteiger partial charge in [-0.2, -0.15) is 5.10 Å². The molecule has 2 saturated heterocycles. The zero-order chi connectivity index (χ0) is 39.6. The fraction of sp³-hybridized carbons (Fsp3) is 0.200. The maximum atomic E-state index is 14.0. The molecule has 2 aliphatic heterocycles. The van der Waals surface area contributed by atoms with Crippen molar-refractivity contribution < 1.29 is 22.4 Å². The number of nitrogens with zero attached hydrogens (tertiary/aromatic N) is 5. The van der Waals surface area contributed by atoms with E-state index in [1.807, 2.05) is 82.4 Å².